The fourth-order valence-corrected chi connectivity index (χ4v) is 4.42. The molecule has 0 aliphatic carbocycles. The lowest BCUT2D eigenvalue weighted by Crippen LogP contribution is -1.98. The van der Waals surface area contributed by atoms with Crippen molar-refractivity contribution in [1.29, 1.82) is 0 Å². The molecule has 0 aliphatic rings. The quantitative estimate of drug-likeness (QED) is 0.424. The lowest BCUT2D eigenvalue weighted by Gasteiger charge is -2.10. The SMILES string of the molecule is COc1cccc(-c2nc(CSc3nnnn3-c3ccccc3)cs2)c1OC. The molecule has 0 saturated heterocycles. The zero-order chi connectivity index (χ0) is 19.3. The van der Waals surface area contributed by atoms with Crippen LogP contribution in [0.25, 0.3) is 16.3 Å². The van der Waals surface area contributed by atoms with Crippen LogP contribution in [0.1, 0.15) is 5.69 Å². The molecule has 142 valence electrons. The van der Waals surface area contributed by atoms with Crippen molar-refractivity contribution in [3.05, 3.63) is 59.6 Å². The molecule has 4 aromatic rings. The van der Waals surface area contributed by atoms with Gasteiger partial charge in [0.2, 0.25) is 5.16 Å². The van der Waals surface area contributed by atoms with Gasteiger partial charge in [0.15, 0.2) is 11.5 Å². The lowest BCUT2D eigenvalue weighted by atomic mass is 10.2. The highest BCUT2D eigenvalue weighted by Gasteiger charge is 2.15. The maximum Gasteiger partial charge on any atom is 0.214 e. The number of benzene rings is 2. The number of hydrogen-bond acceptors (Lipinski definition) is 8. The standard InChI is InChI=1S/C19H17N5O2S2/c1-25-16-10-6-9-15(17(16)26-2)18-20-13(11-27-18)12-28-19-21-22-23-24(19)14-7-4-3-5-8-14/h3-11H,12H2,1-2H3. The van der Waals surface area contributed by atoms with Gasteiger partial charge in [-0.15, -0.1) is 16.4 Å². The number of hydrogen-bond donors (Lipinski definition) is 0. The predicted octanol–water partition coefficient (Wildman–Crippen LogP) is 4.10. The van der Waals surface area contributed by atoms with Crippen LogP contribution in [0.4, 0.5) is 0 Å². The van der Waals surface area contributed by atoms with Crippen LogP contribution >= 0.6 is 23.1 Å². The highest BCUT2D eigenvalue weighted by Crippen LogP contribution is 2.39. The predicted molar refractivity (Wildman–Crippen MR) is 109 cm³/mol. The molecule has 4 rings (SSSR count). The van der Waals surface area contributed by atoms with Crippen molar-refractivity contribution in [3.8, 4) is 27.8 Å². The van der Waals surface area contributed by atoms with E-state index in [2.05, 4.69) is 15.5 Å². The van der Waals surface area contributed by atoms with Gasteiger partial charge in [-0.3, -0.25) is 0 Å². The molecule has 0 spiro atoms. The minimum absolute atomic E-state index is 0.663. The number of rotatable bonds is 7. The summed E-state index contributed by atoms with van der Waals surface area (Å²) in [5.74, 6) is 2.04. The average Bonchev–Trinajstić information content (AvgIpc) is 3.41. The molecule has 0 fully saturated rings. The first-order chi connectivity index (χ1) is 13.8. The Morgan fingerprint density at radius 3 is 2.68 bits per heavy atom. The van der Waals surface area contributed by atoms with Crippen molar-refractivity contribution in [1.82, 2.24) is 25.2 Å². The maximum absolute atomic E-state index is 5.52. The van der Waals surface area contributed by atoms with Gasteiger partial charge in [-0.1, -0.05) is 36.0 Å². The minimum Gasteiger partial charge on any atom is -0.493 e. The molecule has 0 unspecified atom stereocenters. The van der Waals surface area contributed by atoms with Gasteiger partial charge in [0.05, 0.1) is 31.2 Å². The van der Waals surface area contributed by atoms with Gasteiger partial charge in [0.25, 0.3) is 0 Å². The van der Waals surface area contributed by atoms with Gasteiger partial charge in [-0.2, -0.15) is 4.68 Å². The van der Waals surface area contributed by atoms with Crippen LogP contribution in [0.15, 0.2) is 59.1 Å². The second-order valence-electron chi connectivity index (χ2n) is 5.68. The van der Waals surface area contributed by atoms with E-state index >= 15 is 0 Å². The second-order valence-corrected chi connectivity index (χ2v) is 7.48. The molecule has 9 heteroatoms. The van der Waals surface area contributed by atoms with Crippen LogP contribution in [0.2, 0.25) is 0 Å². The fourth-order valence-electron chi connectivity index (χ4n) is 2.69. The molecule has 2 aromatic carbocycles. The summed E-state index contributed by atoms with van der Waals surface area (Å²) in [4.78, 5) is 4.75. The number of thioether (sulfide) groups is 1. The fraction of sp³-hybridized carbons (Fsp3) is 0.158. The number of ether oxygens (including phenoxy) is 2. The van der Waals surface area contributed by atoms with Gasteiger partial charge < -0.3 is 9.47 Å². The van der Waals surface area contributed by atoms with Gasteiger partial charge >= 0.3 is 0 Å². The highest BCUT2D eigenvalue weighted by atomic mass is 32.2. The molecular formula is C19H17N5O2S2. The molecule has 0 bridgehead atoms. The molecule has 0 amide bonds. The second kappa shape index (κ2) is 8.41. The van der Waals surface area contributed by atoms with E-state index in [1.165, 1.54) is 0 Å². The number of methoxy groups -OCH3 is 2. The Bertz CT molecular complexity index is 1070. The molecular weight excluding hydrogens is 394 g/mol. The minimum atomic E-state index is 0.663. The topological polar surface area (TPSA) is 75.0 Å². The molecule has 0 saturated carbocycles. The third-order valence-corrected chi connectivity index (χ3v) is 5.85. The lowest BCUT2D eigenvalue weighted by molar-refractivity contribution is 0.356. The number of para-hydroxylation sites is 2. The first-order valence-electron chi connectivity index (χ1n) is 8.42. The summed E-state index contributed by atoms with van der Waals surface area (Å²) in [7, 11) is 3.26. The first kappa shape index (κ1) is 18.5. The van der Waals surface area contributed by atoms with E-state index in [1.807, 2.05) is 53.9 Å². The molecule has 7 nitrogen and oxygen atoms in total. The summed E-state index contributed by atoms with van der Waals surface area (Å²) >= 11 is 3.11. The average molecular weight is 412 g/mol. The van der Waals surface area contributed by atoms with Crippen molar-refractivity contribution >= 4 is 23.1 Å². The third-order valence-electron chi connectivity index (χ3n) is 3.98. The zero-order valence-electron chi connectivity index (χ0n) is 15.3. The Balaban J connectivity index is 1.53. The monoisotopic (exact) mass is 411 g/mol. The molecule has 0 radical (unpaired) electrons. The first-order valence-corrected chi connectivity index (χ1v) is 10.3. The van der Waals surface area contributed by atoms with E-state index in [-0.39, 0.29) is 0 Å². The number of tetrazole rings is 1. The Hall–Kier alpha value is -2.91. The number of aromatic nitrogens is 5. The normalized spacial score (nSPS) is 10.8. The van der Waals surface area contributed by atoms with Crippen molar-refractivity contribution in [2.45, 2.75) is 10.9 Å². The van der Waals surface area contributed by atoms with Gasteiger partial charge in [0, 0.05) is 11.1 Å². The zero-order valence-corrected chi connectivity index (χ0v) is 16.9. The van der Waals surface area contributed by atoms with Crippen LogP contribution in [0.3, 0.4) is 0 Å². The Morgan fingerprint density at radius 1 is 1.04 bits per heavy atom. The van der Waals surface area contributed by atoms with Gasteiger partial charge in [0.1, 0.15) is 5.01 Å². The van der Waals surface area contributed by atoms with Crippen molar-refractivity contribution in [3.63, 3.8) is 0 Å². The molecule has 0 atom stereocenters. The Morgan fingerprint density at radius 2 is 1.89 bits per heavy atom. The van der Waals surface area contributed by atoms with E-state index in [0.717, 1.165) is 27.1 Å². The van der Waals surface area contributed by atoms with Crippen LogP contribution in [0.5, 0.6) is 11.5 Å². The van der Waals surface area contributed by atoms with Crippen LogP contribution in [-0.2, 0) is 5.75 Å². The molecule has 28 heavy (non-hydrogen) atoms. The van der Waals surface area contributed by atoms with Crippen LogP contribution < -0.4 is 9.47 Å². The highest BCUT2D eigenvalue weighted by molar-refractivity contribution is 7.98. The van der Waals surface area contributed by atoms with Crippen molar-refractivity contribution in [2.75, 3.05) is 14.2 Å². The van der Waals surface area contributed by atoms with Crippen molar-refractivity contribution < 1.29 is 9.47 Å². The summed E-state index contributed by atoms with van der Waals surface area (Å²) in [5, 5.41) is 15.7. The van der Waals surface area contributed by atoms with Crippen LogP contribution in [-0.4, -0.2) is 39.4 Å². The smallest absolute Gasteiger partial charge is 0.214 e. The Kier molecular flexibility index (Phi) is 5.54. The van der Waals surface area contributed by atoms with Crippen molar-refractivity contribution in [2.24, 2.45) is 0 Å². The van der Waals surface area contributed by atoms with Gasteiger partial charge in [-0.25, -0.2) is 4.98 Å². The molecule has 2 heterocycles. The maximum atomic E-state index is 5.52. The molecule has 0 N–H and O–H groups in total. The number of thiazole rings is 1. The number of nitrogens with zero attached hydrogens (tertiary/aromatic N) is 5. The Labute approximate surface area is 170 Å². The summed E-state index contributed by atoms with van der Waals surface area (Å²) in [5.41, 5.74) is 2.80. The summed E-state index contributed by atoms with van der Waals surface area (Å²) in [6.07, 6.45) is 0. The van der Waals surface area contributed by atoms with E-state index in [4.69, 9.17) is 14.5 Å². The van der Waals surface area contributed by atoms with Gasteiger partial charge in [-0.05, 0) is 34.7 Å². The van der Waals surface area contributed by atoms with E-state index in [1.54, 1.807) is 42.0 Å². The summed E-state index contributed by atoms with van der Waals surface area (Å²) < 4.78 is 12.6. The summed E-state index contributed by atoms with van der Waals surface area (Å²) in [6, 6.07) is 15.6. The third kappa shape index (κ3) is 3.71. The summed E-state index contributed by atoms with van der Waals surface area (Å²) in [6.45, 7) is 0. The largest absolute Gasteiger partial charge is 0.493 e. The molecule has 0 aliphatic heterocycles. The van der Waals surface area contributed by atoms with E-state index in [0.29, 0.717) is 17.3 Å². The van der Waals surface area contributed by atoms with E-state index in [9.17, 15) is 0 Å². The van der Waals surface area contributed by atoms with E-state index < -0.39 is 0 Å². The molecule has 2 aromatic heterocycles. The van der Waals surface area contributed by atoms with Crippen LogP contribution in [0, 0.1) is 0 Å².